The smallest absolute Gasteiger partial charge is 0.339 e. The van der Waals surface area contributed by atoms with E-state index in [4.69, 9.17) is 0 Å². The minimum absolute atomic E-state index is 0.362. The van der Waals surface area contributed by atoms with Crippen LogP contribution in [0.1, 0.15) is 47.8 Å². The molecule has 1 aromatic rings. The van der Waals surface area contributed by atoms with E-state index in [1.807, 2.05) is 19.9 Å². The third-order valence-electron chi connectivity index (χ3n) is 3.26. The molecule has 1 fully saturated rings. The van der Waals surface area contributed by atoms with Gasteiger partial charge in [0.2, 0.25) is 0 Å². The summed E-state index contributed by atoms with van der Waals surface area (Å²) in [6, 6.07) is 2.32. The van der Waals surface area contributed by atoms with Crippen molar-refractivity contribution < 1.29 is 9.90 Å². The normalized spacial score (nSPS) is 14.6. The van der Waals surface area contributed by atoms with Crippen molar-refractivity contribution in [2.24, 2.45) is 0 Å². The first-order chi connectivity index (χ1) is 8.54. The number of pyridine rings is 1. The van der Waals surface area contributed by atoms with E-state index in [2.05, 4.69) is 16.8 Å². The van der Waals surface area contributed by atoms with Crippen molar-refractivity contribution in [1.29, 1.82) is 0 Å². The predicted octanol–water partition coefficient (Wildman–Crippen LogP) is 2.78. The molecule has 98 valence electrons. The molecule has 0 bridgehead atoms. The fourth-order valence-electron chi connectivity index (χ4n) is 2.38. The van der Waals surface area contributed by atoms with Gasteiger partial charge in [-0.2, -0.15) is 0 Å². The zero-order chi connectivity index (χ0) is 13.3. The maximum atomic E-state index is 11.4. The third kappa shape index (κ3) is 2.47. The quantitative estimate of drug-likeness (QED) is 0.870. The number of aromatic nitrogens is 1. The monoisotopic (exact) mass is 248 g/mol. The molecule has 0 aliphatic heterocycles. The molecule has 1 saturated carbocycles. The van der Waals surface area contributed by atoms with Gasteiger partial charge in [-0.25, -0.2) is 9.78 Å². The van der Waals surface area contributed by atoms with Crippen molar-refractivity contribution in [2.45, 2.75) is 46.1 Å². The second kappa shape index (κ2) is 4.96. The second-order valence-electron chi connectivity index (χ2n) is 5.01. The SMILES string of the molecule is CCCN(c1nc(C)cc(C)c1C(=O)O)C1CC1. The number of aromatic carboxylic acids is 1. The van der Waals surface area contributed by atoms with Crippen molar-refractivity contribution in [3.8, 4) is 0 Å². The van der Waals surface area contributed by atoms with Crippen LogP contribution in [-0.4, -0.2) is 28.6 Å². The van der Waals surface area contributed by atoms with E-state index in [0.717, 1.165) is 37.1 Å². The maximum absolute atomic E-state index is 11.4. The van der Waals surface area contributed by atoms with E-state index >= 15 is 0 Å². The summed E-state index contributed by atoms with van der Waals surface area (Å²) in [5.74, 6) is -0.221. The summed E-state index contributed by atoms with van der Waals surface area (Å²) in [7, 11) is 0. The number of anilines is 1. The fraction of sp³-hybridized carbons (Fsp3) is 0.571. The highest BCUT2D eigenvalue weighted by molar-refractivity contribution is 5.95. The van der Waals surface area contributed by atoms with Gasteiger partial charge >= 0.3 is 5.97 Å². The Morgan fingerprint density at radius 3 is 2.67 bits per heavy atom. The molecule has 4 heteroatoms. The zero-order valence-corrected chi connectivity index (χ0v) is 11.2. The highest BCUT2D eigenvalue weighted by Crippen LogP contribution is 2.33. The third-order valence-corrected chi connectivity index (χ3v) is 3.26. The van der Waals surface area contributed by atoms with Crippen molar-refractivity contribution in [2.75, 3.05) is 11.4 Å². The standard InChI is InChI=1S/C14H20N2O2/c1-4-7-16(11-5-6-11)13-12(14(17)18)9(2)8-10(3)15-13/h8,11H,4-7H2,1-3H3,(H,17,18). The first kappa shape index (κ1) is 12.9. The van der Waals surface area contributed by atoms with Crippen LogP contribution in [0.15, 0.2) is 6.07 Å². The van der Waals surface area contributed by atoms with Crippen LogP contribution < -0.4 is 4.90 Å². The molecular weight excluding hydrogens is 228 g/mol. The minimum Gasteiger partial charge on any atom is -0.478 e. The van der Waals surface area contributed by atoms with Gasteiger partial charge in [0.1, 0.15) is 11.4 Å². The molecule has 0 aromatic carbocycles. The number of rotatable bonds is 5. The van der Waals surface area contributed by atoms with Crippen LogP contribution >= 0.6 is 0 Å². The number of carboxylic acids is 1. The lowest BCUT2D eigenvalue weighted by molar-refractivity contribution is 0.0696. The number of hydrogen-bond acceptors (Lipinski definition) is 3. The van der Waals surface area contributed by atoms with E-state index in [1.165, 1.54) is 0 Å². The number of aryl methyl sites for hydroxylation is 2. The molecule has 0 spiro atoms. The Morgan fingerprint density at radius 1 is 1.50 bits per heavy atom. The zero-order valence-electron chi connectivity index (χ0n) is 11.2. The van der Waals surface area contributed by atoms with E-state index in [9.17, 15) is 9.90 Å². The van der Waals surface area contributed by atoms with Crippen LogP contribution in [0.2, 0.25) is 0 Å². The van der Waals surface area contributed by atoms with E-state index in [1.54, 1.807) is 0 Å². The largest absolute Gasteiger partial charge is 0.478 e. The predicted molar refractivity (Wildman–Crippen MR) is 71.3 cm³/mol. The summed E-state index contributed by atoms with van der Waals surface area (Å²) < 4.78 is 0. The lowest BCUT2D eigenvalue weighted by Gasteiger charge is -2.25. The second-order valence-corrected chi connectivity index (χ2v) is 5.01. The highest BCUT2D eigenvalue weighted by atomic mass is 16.4. The Bertz CT molecular complexity index is 467. The van der Waals surface area contributed by atoms with Gasteiger partial charge in [-0.15, -0.1) is 0 Å². The average Bonchev–Trinajstić information content (AvgIpc) is 3.07. The van der Waals surface area contributed by atoms with Crippen molar-refractivity contribution in [1.82, 2.24) is 4.98 Å². The molecule has 0 saturated heterocycles. The number of hydrogen-bond donors (Lipinski definition) is 1. The summed E-state index contributed by atoms with van der Waals surface area (Å²) in [4.78, 5) is 18.1. The van der Waals surface area contributed by atoms with Gasteiger partial charge in [-0.05, 0) is 44.7 Å². The van der Waals surface area contributed by atoms with E-state index < -0.39 is 5.97 Å². The summed E-state index contributed by atoms with van der Waals surface area (Å²) >= 11 is 0. The lowest BCUT2D eigenvalue weighted by Crippen LogP contribution is -2.30. The van der Waals surface area contributed by atoms with Crippen LogP contribution in [-0.2, 0) is 0 Å². The van der Waals surface area contributed by atoms with Gasteiger partial charge in [0, 0.05) is 18.3 Å². The molecule has 1 aliphatic rings. The summed E-state index contributed by atoms with van der Waals surface area (Å²) in [6.07, 6.45) is 3.30. The Labute approximate surface area is 108 Å². The van der Waals surface area contributed by atoms with Gasteiger partial charge in [-0.1, -0.05) is 6.92 Å². The Balaban J connectivity index is 2.48. The van der Waals surface area contributed by atoms with Gasteiger partial charge < -0.3 is 10.0 Å². The number of carboxylic acid groups (broad SMARTS) is 1. The van der Waals surface area contributed by atoms with Gasteiger partial charge in [0.15, 0.2) is 0 Å². The van der Waals surface area contributed by atoms with Crippen LogP contribution in [0.5, 0.6) is 0 Å². The molecule has 4 nitrogen and oxygen atoms in total. The van der Waals surface area contributed by atoms with Crippen molar-refractivity contribution >= 4 is 11.8 Å². The molecule has 0 atom stereocenters. The number of nitrogens with zero attached hydrogens (tertiary/aromatic N) is 2. The minimum atomic E-state index is -0.878. The Morgan fingerprint density at radius 2 is 2.17 bits per heavy atom. The molecule has 2 rings (SSSR count). The first-order valence-electron chi connectivity index (χ1n) is 6.52. The molecule has 18 heavy (non-hydrogen) atoms. The highest BCUT2D eigenvalue weighted by Gasteiger charge is 2.32. The summed E-state index contributed by atoms with van der Waals surface area (Å²) in [5, 5.41) is 9.39. The fourth-order valence-corrected chi connectivity index (χ4v) is 2.38. The average molecular weight is 248 g/mol. The van der Waals surface area contributed by atoms with Crippen LogP contribution in [0.4, 0.5) is 5.82 Å². The van der Waals surface area contributed by atoms with E-state index in [0.29, 0.717) is 17.4 Å². The van der Waals surface area contributed by atoms with Crippen LogP contribution in [0.25, 0.3) is 0 Å². The summed E-state index contributed by atoms with van der Waals surface area (Å²) in [6.45, 7) is 6.75. The lowest BCUT2D eigenvalue weighted by atomic mass is 10.1. The molecule has 1 aromatic heterocycles. The van der Waals surface area contributed by atoms with Gasteiger partial charge in [-0.3, -0.25) is 0 Å². The molecule has 0 amide bonds. The molecular formula is C14H20N2O2. The Hall–Kier alpha value is -1.58. The van der Waals surface area contributed by atoms with E-state index in [-0.39, 0.29) is 0 Å². The molecule has 0 unspecified atom stereocenters. The molecule has 1 aliphatic carbocycles. The maximum Gasteiger partial charge on any atom is 0.339 e. The molecule has 1 heterocycles. The first-order valence-corrected chi connectivity index (χ1v) is 6.52. The van der Waals surface area contributed by atoms with Gasteiger partial charge in [0.25, 0.3) is 0 Å². The topological polar surface area (TPSA) is 53.4 Å². The van der Waals surface area contributed by atoms with Crippen LogP contribution in [0.3, 0.4) is 0 Å². The molecule has 1 N–H and O–H groups in total. The van der Waals surface area contributed by atoms with Crippen LogP contribution in [0, 0.1) is 13.8 Å². The number of carbonyl (C=O) groups is 1. The summed E-state index contributed by atoms with van der Waals surface area (Å²) in [5.41, 5.74) is 2.04. The van der Waals surface area contributed by atoms with Crippen molar-refractivity contribution in [3.05, 3.63) is 22.9 Å². The van der Waals surface area contributed by atoms with Gasteiger partial charge in [0.05, 0.1) is 0 Å². The Kier molecular flexibility index (Phi) is 3.55. The van der Waals surface area contributed by atoms with Crippen molar-refractivity contribution in [3.63, 3.8) is 0 Å². The molecule has 0 radical (unpaired) electrons.